The topological polar surface area (TPSA) is 59.5 Å². The highest BCUT2D eigenvalue weighted by atomic mass is 16.5. The fourth-order valence-electron chi connectivity index (χ4n) is 5.02. The van der Waals surface area contributed by atoms with Crippen molar-refractivity contribution in [3.05, 3.63) is 102 Å². The van der Waals surface area contributed by atoms with Gasteiger partial charge in [-0.15, -0.1) is 0 Å². The lowest BCUT2D eigenvalue weighted by atomic mass is 9.69. The summed E-state index contributed by atoms with van der Waals surface area (Å²) in [4.78, 5) is 32.7. The number of hydrogen-bond donors (Lipinski definition) is 0. The van der Waals surface area contributed by atoms with Crippen LogP contribution in [0.5, 0.6) is 5.75 Å². The molecule has 3 aromatic rings. The molecule has 34 heavy (non-hydrogen) atoms. The molecule has 5 rings (SSSR count). The summed E-state index contributed by atoms with van der Waals surface area (Å²) in [5.74, 6) is 0.632. The quantitative estimate of drug-likeness (QED) is 0.489. The van der Waals surface area contributed by atoms with Crippen molar-refractivity contribution in [2.45, 2.75) is 45.6 Å². The first-order chi connectivity index (χ1) is 16.4. The molecular weight excluding hydrogens is 424 g/mol. The lowest BCUT2D eigenvalue weighted by molar-refractivity contribution is -0.121. The molecule has 2 aromatic carbocycles. The van der Waals surface area contributed by atoms with Gasteiger partial charge in [0, 0.05) is 36.2 Å². The zero-order chi connectivity index (χ0) is 23.7. The predicted molar refractivity (Wildman–Crippen MR) is 131 cm³/mol. The smallest absolute Gasteiger partial charge is 0.232 e. The van der Waals surface area contributed by atoms with Crippen LogP contribution in [0, 0.1) is 5.41 Å². The number of Topliss-reactive ketones (excluding diaryl/α,β-unsaturated/α-hetero) is 1. The Morgan fingerprint density at radius 2 is 1.74 bits per heavy atom. The summed E-state index contributed by atoms with van der Waals surface area (Å²) in [7, 11) is 0. The van der Waals surface area contributed by atoms with E-state index in [1.807, 2.05) is 66.7 Å². The molecule has 0 N–H and O–H groups in total. The average Bonchev–Trinajstić information content (AvgIpc) is 2.83. The van der Waals surface area contributed by atoms with E-state index in [1.54, 1.807) is 17.3 Å². The zero-order valence-corrected chi connectivity index (χ0v) is 19.5. The normalized spacial score (nSPS) is 19.7. The molecule has 1 unspecified atom stereocenters. The van der Waals surface area contributed by atoms with E-state index in [4.69, 9.17) is 4.74 Å². The second-order valence-electron chi connectivity index (χ2n) is 9.84. The first kappa shape index (κ1) is 22.1. The Morgan fingerprint density at radius 1 is 0.971 bits per heavy atom. The Labute approximate surface area is 200 Å². The van der Waals surface area contributed by atoms with Gasteiger partial charge in [-0.3, -0.25) is 19.5 Å². The third-order valence-electron chi connectivity index (χ3n) is 6.58. The minimum Gasteiger partial charge on any atom is -0.489 e. The number of benzene rings is 2. The molecule has 172 valence electrons. The number of hydrogen-bond acceptors (Lipinski definition) is 4. The number of ketones is 1. The number of ether oxygens (including phenoxy) is 1. The second-order valence-corrected chi connectivity index (χ2v) is 9.84. The van der Waals surface area contributed by atoms with Gasteiger partial charge in [-0.05, 0) is 47.2 Å². The maximum Gasteiger partial charge on any atom is 0.232 e. The molecule has 0 fully saturated rings. The number of rotatable bonds is 5. The molecule has 5 heteroatoms. The highest BCUT2D eigenvalue weighted by Crippen LogP contribution is 2.48. The summed E-state index contributed by atoms with van der Waals surface area (Å²) < 4.78 is 5.92. The standard InChI is InChI=1S/C29H28N2O3/c1-29(2)16-25-28(26(32)17-29)24(15-27(33)31(25)22-9-6-14-30-18-22)21-10-12-23(13-11-21)34-19-20-7-4-3-5-8-20/h3-14,18,24H,15-17,19H2,1-2H3. The fourth-order valence-corrected chi connectivity index (χ4v) is 5.02. The van der Waals surface area contributed by atoms with E-state index in [0.29, 0.717) is 25.1 Å². The Hall–Kier alpha value is -3.73. The summed E-state index contributed by atoms with van der Waals surface area (Å²) in [6.07, 6.45) is 4.78. The van der Waals surface area contributed by atoms with Gasteiger partial charge in [-0.2, -0.15) is 0 Å². The van der Waals surface area contributed by atoms with Crippen molar-refractivity contribution in [1.29, 1.82) is 0 Å². The van der Waals surface area contributed by atoms with Crippen LogP contribution in [0.1, 0.15) is 50.2 Å². The zero-order valence-electron chi connectivity index (χ0n) is 19.5. The summed E-state index contributed by atoms with van der Waals surface area (Å²) in [6, 6.07) is 21.5. The van der Waals surface area contributed by atoms with E-state index in [2.05, 4.69) is 18.8 Å². The molecule has 1 atom stereocenters. The van der Waals surface area contributed by atoms with Crippen molar-refractivity contribution in [3.63, 3.8) is 0 Å². The van der Waals surface area contributed by atoms with Gasteiger partial charge >= 0.3 is 0 Å². The average molecular weight is 453 g/mol. The van der Waals surface area contributed by atoms with Crippen LogP contribution in [0.4, 0.5) is 5.69 Å². The molecular formula is C29H28N2O3. The molecule has 0 spiro atoms. The van der Waals surface area contributed by atoms with Crippen LogP contribution in [-0.4, -0.2) is 16.7 Å². The first-order valence-electron chi connectivity index (χ1n) is 11.7. The Kier molecular flexibility index (Phi) is 5.78. The number of allylic oxidation sites excluding steroid dienone is 2. The molecule has 2 aliphatic rings. The second kappa shape index (κ2) is 8.90. The van der Waals surface area contributed by atoms with Crippen molar-refractivity contribution >= 4 is 17.4 Å². The monoisotopic (exact) mass is 452 g/mol. The molecule has 2 heterocycles. The van der Waals surface area contributed by atoms with Crippen molar-refractivity contribution in [3.8, 4) is 5.75 Å². The maximum absolute atomic E-state index is 13.4. The molecule has 0 bridgehead atoms. The molecule has 0 saturated heterocycles. The molecule has 1 aromatic heterocycles. The van der Waals surface area contributed by atoms with Gasteiger partial charge in [-0.1, -0.05) is 56.3 Å². The van der Waals surface area contributed by atoms with Crippen LogP contribution < -0.4 is 9.64 Å². The van der Waals surface area contributed by atoms with Crippen molar-refractivity contribution in [2.24, 2.45) is 5.41 Å². The summed E-state index contributed by atoms with van der Waals surface area (Å²) in [5, 5.41) is 0. The molecule has 1 amide bonds. The number of nitrogens with zero attached hydrogens (tertiary/aromatic N) is 2. The largest absolute Gasteiger partial charge is 0.489 e. The van der Waals surface area contributed by atoms with E-state index in [1.165, 1.54) is 0 Å². The highest BCUT2D eigenvalue weighted by molar-refractivity contribution is 6.07. The van der Waals surface area contributed by atoms with Crippen LogP contribution >= 0.6 is 0 Å². The highest BCUT2D eigenvalue weighted by Gasteiger charge is 2.44. The lowest BCUT2D eigenvalue weighted by Crippen LogP contribution is -2.43. The van der Waals surface area contributed by atoms with Gasteiger partial charge in [0.2, 0.25) is 5.91 Å². The lowest BCUT2D eigenvalue weighted by Gasteiger charge is -2.42. The maximum atomic E-state index is 13.4. The van der Waals surface area contributed by atoms with Gasteiger partial charge in [0.25, 0.3) is 0 Å². The Bertz CT molecular complexity index is 1230. The van der Waals surface area contributed by atoms with Gasteiger partial charge in [0.15, 0.2) is 5.78 Å². The summed E-state index contributed by atoms with van der Waals surface area (Å²) in [5.41, 5.74) is 4.17. The minimum atomic E-state index is -0.248. The number of carbonyl (C=O) groups excluding carboxylic acids is 2. The van der Waals surface area contributed by atoms with Crippen LogP contribution in [0.15, 0.2) is 90.4 Å². The van der Waals surface area contributed by atoms with Crippen LogP contribution in [0.25, 0.3) is 0 Å². The van der Waals surface area contributed by atoms with Gasteiger partial charge < -0.3 is 4.74 Å². The first-order valence-corrected chi connectivity index (χ1v) is 11.7. The number of aromatic nitrogens is 1. The van der Waals surface area contributed by atoms with Crippen LogP contribution in [0.2, 0.25) is 0 Å². The third kappa shape index (κ3) is 4.38. The number of amides is 1. The van der Waals surface area contributed by atoms with E-state index in [0.717, 1.165) is 28.1 Å². The molecule has 1 aliphatic heterocycles. The molecule has 0 saturated carbocycles. The molecule has 5 nitrogen and oxygen atoms in total. The van der Waals surface area contributed by atoms with E-state index >= 15 is 0 Å². The van der Waals surface area contributed by atoms with E-state index < -0.39 is 0 Å². The number of pyridine rings is 1. The number of carbonyl (C=O) groups is 2. The predicted octanol–water partition coefficient (Wildman–Crippen LogP) is 5.82. The van der Waals surface area contributed by atoms with Gasteiger partial charge in [-0.25, -0.2) is 0 Å². The van der Waals surface area contributed by atoms with Crippen LogP contribution in [0.3, 0.4) is 0 Å². The fraction of sp³-hybridized carbons (Fsp3) is 0.276. The van der Waals surface area contributed by atoms with E-state index in [9.17, 15) is 9.59 Å². The SMILES string of the molecule is CC1(C)CC(=O)C2=C(C1)N(c1cccnc1)C(=O)CC2c1ccc(OCc2ccccc2)cc1. The Morgan fingerprint density at radius 3 is 2.44 bits per heavy atom. The van der Waals surface area contributed by atoms with E-state index in [-0.39, 0.29) is 29.4 Å². The summed E-state index contributed by atoms with van der Waals surface area (Å²) in [6.45, 7) is 4.66. The van der Waals surface area contributed by atoms with Gasteiger partial charge in [0.05, 0.1) is 11.9 Å². The van der Waals surface area contributed by atoms with Crippen molar-refractivity contribution in [1.82, 2.24) is 4.98 Å². The van der Waals surface area contributed by atoms with Crippen LogP contribution in [-0.2, 0) is 16.2 Å². The summed E-state index contributed by atoms with van der Waals surface area (Å²) >= 11 is 0. The van der Waals surface area contributed by atoms with Crippen molar-refractivity contribution in [2.75, 3.05) is 4.90 Å². The minimum absolute atomic E-state index is 0.00773. The molecule has 1 aliphatic carbocycles. The van der Waals surface area contributed by atoms with Crippen molar-refractivity contribution < 1.29 is 14.3 Å². The third-order valence-corrected chi connectivity index (χ3v) is 6.58. The number of anilines is 1. The Balaban J connectivity index is 1.47. The van der Waals surface area contributed by atoms with Gasteiger partial charge in [0.1, 0.15) is 12.4 Å². The molecule has 0 radical (unpaired) electrons.